The highest BCUT2D eigenvalue weighted by Crippen LogP contribution is 2.30. The van der Waals surface area contributed by atoms with Gasteiger partial charge in [0, 0.05) is 6.42 Å². The Morgan fingerprint density at radius 2 is 2.00 bits per heavy atom. The summed E-state index contributed by atoms with van der Waals surface area (Å²) in [7, 11) is 0. The van der Waals surface area contributed by atoms with Gasteiger partial charge >= 0.3 is 0 Å². The van der Waals surface area contributed by atoms with E-state index in [-0.39, 0.29) is 11.7 Å². The van der Waals surface area contributed by atoms with Crippen LogP contribution in [0.2, 0.25) is 0 Å². The summed E-state index contributed by atoms with van der Waals surface area (Å²) >= 11 is 0. The van der Waals surface area contributed by atoms with Gasteiger partial charge in [0.1, 0.15) is 5.54 Å². The highest BCUT2D eigenvalue weighted by Gasteiger charge is 2.39. The average molecular weight is 255 g/mol. The van der Waals surface area contributed by atoms with E-state index in [2.05, 4.69) is 17.4 Å². The fraction of sp³-hybridized carbons (Fsp3) is 0.846. The molecule has 0 aromatic rings. The van der Waals surface area contributed by atoms with Crippen molar-refractivity contribution in [3.8, 4) is 0 Å². The molecule has 0 aromatic heterocycles. The zero-order valence-electron chi connectivity index (χ0n) is 11.2. The smallest absolute Gasteiger partial charge is 0.220 e. The SMILES string of the molecule is CCCCCCC(=O)NC1(C(N)=NO)CCCC1. The summed E-state index contributed by atoms with van der Waals surface area (Å²) in [6.45, 7) is 2.14. The van der Waals surface area contributed by atoms with E-state index in [0.29, 0.717) is 6.42 Å². The van der Waals surface area contributed by atoms with E-state index in [1.165, 1.54) is 6.42 Å². The van der Waals surface area contributed by atoms with Gasteiger partial charge < -0.3 is 16.3 Å². The first-order valence-corrected chi connectivity index (χ1v) is 6.93. The highest BCUT2D eigenvalue weighted by molar-refractivity contribution is 5.94. The van der Waals surface area contributed by atoms with Gasteiger partial charge in [0.2, 0.25) is 5.91 Å². The highest BCUT2D eigenvalue weighted by atomic mass is 16.4. The minimum atomic E-state index is -0.601. The maximum atomic E-state index is 11.9. The van der Waals surface area contributed by atoms with Crippen molar-refractivity contribution in [2.75, 3.05) is 0 Å². The standard InChI is InChI=1S/C13H25N3O2/c1-2-3-4-5-8-11(17)15-13(12(14)16-18)9-6-7-10-13/h18H,2-10H2,1H3,(H2,14,16)(H,15,17). The summed E-state index contributed by atoms with van der Waals surface area (Å²) in [5, 5.41) is 14.9. The molecule has 0 aromatic carbocycles. The number of hydrogen-bond donors (Lipinski definition) is 3. The largest absolute Gasteiger partial charge is 0.409 e. The van der Waals surface area contributed by atoms with E-state index in [1.54, 1.807) is 0 Å². The Balaban J connectivity index is 2.44. The van der Waals surface area contributed by atoms with Crippen LogP contribution in [0.25, 0.3) is 0 Å². The van der Waals surface area contributed by atoms with E-state index in [0.717, 1.165) is 44.9 Å². The third-order valence-electron chi connectivity index (χ3n) is 3.69. The first-order valence-electron chi connectivity index (χ1n) is 6.93. The molecule has 5 nitrogen and oxygen atoms in total. The molecule has 0 bridgehead atoms. The second-order valence-electron chi connectivity index (χ2n) is 5.13. The van der Waals surface area contributed by atoms with Gasteiger partial charge in [-0.25, -0.2) is 0 Å². The quantitative estimate of drug-likeness (QED) is 0.214. The zero-order valence-corrected chi connectivity index (χ0v) is 11.2. The van der Waals surface area contributed by atoms with Crippen LogP contribution in [0.15, 0.2) is 5.16 Å². The topological polar surface area (TPSA) is 87.7 Å². The Kier molecular flexibility index (Phi) is 5.95. The molecule has 5 heteroatoms. The third-order valence-corrected chi connectivity index (χ3v) is 3.69. The van der Waals surface area contributed by atoms with E-state index in [1.807, 2.05) is 0 Å². The molecule has 0 atom stereocenters. The van der Waals surface area contributed by atoms with Gasteiger partial charge in [-0.15, -0.1) is 0 Å². The molecule has 1 aliphatic rings. The van der Waals surface area contributed by atoms with Crippen molar-refractivity contribution in [3.63, 3.8) is 0 Å². The average Bonchev–Trinajstić information content (AvgIpc) is 2.83. The summed E-state index contributed by atoms with van der Waals surface area (Å²) < 4.78 is 0. The van der Waals surface area contributed by atoms with Crippen molar-refractivity contribution in [2.45, 2.75) is 70.3 Å². The van der Waals surface area contributed by atoms with Gasteiger partial charge in [0.15, 0.2) is 5.84 Å². The number of hydrogen-bond acceptors (Lipinski definition) is 3. The molecule has 0 saturated heterocycles. The van der Waals surface area contributed by atoms with Crippen LogP contribution in [0, 0.1) is 0 Å². The number of nitrogens with one attached hydrogen (secondary N) is 1. The first-order chi connectivity index (χ1) is 8.64. The molecule has 1 amide bonds. The molecule has 0 heterocycles. The Labute approximate surface area is 109 Å². The van der Waals surface area contributed by atoms with E-state index in [9.17, 15) is 4.79 Å². The summed E-state index contributed by atoms with van der Waals surface area (Å²) in [6, 6.07) is 0. The maximum Gasteiger partial charge on any atom is 0.220 e. The normalized spacial score (nSPS) is 18.8. The summed E-state index contributed by atoms with van der Waals surface area (Å²) in [5.41, 5.74) is 5.12. The Morgan fingerprint density at radius 1 is 1.33 bits per heavy atom. The molecule has 0 unspecified atom stereocenters. The predicted molar refractivity (Wildman–Crippen MR) is 71.5 cm³/mol. The van der Waals surface area contributed by atoms with Gasteiger partial charge in [-0.05, 0) is 19.3 Å². The fourth-order valence-electron chi connectivity index (χ4n) is 2.56. The Morgan fingerprint density at radius 3 is 2.56 bits per heavy atom. The van der Waals surface area contributed by atoms with Crippen LogP contribution in [0.1, 0.15) is 64.7 Å². The second kappa shape index (κ2) is 7.24. The van der Waals surface area contributed by atoms with Gasteiger partial charge in [-0.3, -0.25) is 4.79 Å². The lowest BCUT2D eigenvalue weighted by Crippen LogP contribution is -2.55. The first kappa shape index (κ1) is 14.8. The number of oxime groups is 1. The van der Waals surface area contributed by atoms with Gasteiger partial charge in [0.25, 0.3) is 0 Å². The van der Waals surface area contributed by atoms with E-state index in [4.69, 9.17) is 10.9 Å². The Hall–Kier alpha value is -1.26. The molecule has 4 N–H and O–H groups in total. The molecular weight excluding hydrogens is 230 g/mol. The van der Waals surface area contributed by atoms with Crippen molar-refractivity contribution in [1.82, 2.24) is 5.32 Å². The lowest BCUT2D eigenvalue weighted by atomic mass is 9.95. The van der Waals surface area contributed by atoms with Crippen LogP contribution in [-0.2, 0) is 4.79 Å². The fourth-order valence-corrected chi connectivity index (χ4v) is 2.56. The molecule has 1 saturated carbocycles. The number of carbonyl (C=O) groups is 1. The molecule has 18 heavy (non-hydrogen) atoms. The van der Waals surface area contributed by atoms with Crippen molar-refractivity contribution >= 4 is 11.7 Å². The lowest BCUT2D eigenvalue weighted by molar-refractivity contribution is -0.122. The predicted octanol–water partition coefficient (Wildman–Crippen LogP) is 2.13. The van der Waals surface area contributed by atoms with Crippen molar-refractivity contribution in [1.29, 1.82) is 0 Å². The summed E-state index contributed by atoms with van der Waals surface area (Å²) in [5.74, 6) is 0.154. The molecular formula is C13H25N3O2. The van der Waals surface area contributed by atoms with Crippen LogP contribution in [0.4, 0.5) is 0 Å². The van der Waals surface area contributed by atoms with E-state index >= 15 is 0 Å². The summed E-state index contributed by atoms with van der Waals surface area (Å²) in [4.78, 5) is 11.9. The van der Waals surface area contributed by atoms with Crippen LogP contribution < -0.4 is 11.1 Å². The van der Waals surface area contributed by atoms with Crippen LogP contribution in [0.3, 0.4) is 0 Å². The molecule has 104 valence electrons. The lowest BCUT2D eigenvalue weighted by Gasteiger charge is -2.28. The van der Waals surface area contributed by atoms with Crippen LogP contribution in [-0.4, -0.2) is 22.5 Å². The van der Waals surface area contributed by atoms with Crippen LogP contribution >= 0.6 is 0 Å². The second-order valence-corrected chi connectivity index (χ2v) is 5.13. The van der Waals surface area contributed by atoms with Gasteiger partial charge in [-0.1, -0.05) is 44.2 Å². The van der Waals surface area contributed by atoms with E-state index < -0.39 is 5.54 Å². The Bertz CT molecular complexity index is 297. The number of amides is 1. The molecule has 1 aliphatic carbocycles. The van der Waals surface area contributed by atoms with Crippen LogP contribution in [0.5, 0.6) is 0 Å². The number of nitrogens with zero attached hydrogens (tertiary/aromatic N) is 1. The third kappa shape index (κ3) is 3.89. The minimum absolute atomic E-state index is 0.0135. The number of carbonyl (C=O) groups excluding carboxylic acids is 1. The number of nitrogens with two attached hydrogens (primary N) is 1. The summed E-state index contributed by atoms with van der Waals surface area (Å²) in [6.07, 6.45) is 8.40. The maximum absolute atomic E-state index is 11.9. The number of amidine groups is 1. The monoisotopic (exact) mass is 255 g/mol. The number of unbranched alkanes of at least 4 members (excludes halogenated alkanes) is 3. The number of rotatable bonds is 7. The molecule has 0 aliphatic heterocycles. The molecule has 0 spiro atoms. The minimum Gasteiger partial charge on any atom is -0.409 e. The molecule has 1 fully saturated rings. The van der Waals surface area contributed by atoms with Gasteiger partial charge in [0.05, 0.1) is 0 Å². The molecule has 1 rings (SSSR count). The molecule has 0 radical (unpaired) electrons. The van der Waals surface area contributed by atoms with Gasteiger partial charge in [-0.2, -0.15) is 0 Å². The zero-order chi connectivity index (χ0) is 13.4. The van der Waals surface area contributed by atoms with Crippen molar-refractivity contribution in [3.05, 3.63) is 0 Å². The van der Waals surface area contributed by atoms with Crippen molar-refractivity contribution in [2.24, 2.45) is 10.9 Å². The van der Waals surface area contributed by atoms with Crippen molar-refractivity contribution < 1.29 is 10.0 Å².